The Morgan fingerprint density at radius 2 is 2.64 bits per heavy atom. The fourth-order valence-electron chi connectivity index (χ4n) is 1.08. The molecule has 1 aromatic heterocycles. The molecule has 1 aliphatic heterocycles. The van der Waals surface area contributed by atoms with Gasteiger partial charge in [-0.15, -0.1) is 0 Å². The maximum absolute atomic E-state index is 10.9. The van der Waals surface area contributed by atoms with Crippen molar-refractivity contribution in [3.05, 3.63) is 11.9 Å². The molecule has 1 aromatic rings. The molecule has 0 saturated heterocycles. The van der Waals surface area contributed by atoms with Crippen LogP contribution in [-0.2, 0) is 6.54 Å². The molecule has 0 aliphatic carbocycles. The van der Waals surface area contributed by atoms with E-state index in [9.17, 15) is 4.79 Å². The number of fused-ring (bicyclic) bond motifs is 1. The van der Waals surface area contributed by atoms with Gasteiger partial charge in [0.25, 0.3) is 0 Å². The first-order valence-corrected chi connectivity index (χ1v) is 4.47. The quantitative estimate of drug-likeness (QED) is 0.591. The first-order chi connectivity index (χ1) is 5.27. The summed E-state index contributed by atoms with van der Waals surface area (Å²) in [5.74, 6) is 1.13. The Morgan fingerprint density at radius 3 is 3.27 bits per heavy atom. The molecule has 0 fully saturated rings. The number of aryl methyl sites for hydroxylation is 1. The van der Waals surface area contributed by atoms with Gasteiger partial charge in [-0.05, 0) is 0 Å². The fourth-order valence-corrected chi connectivity index (χ4v) is 2.02. The minimum Gasteiger partial charge on any atom is -0.324 e. The van der Waals surface area contributed by atoms with E-state index in [1.807, 2.05) is 10.8 Å². The van der Waals surface area contributed by atoms with E-state index in [2.05, 4.69) is 4.98 Å². The predicted molar refractivity (Wildman–Crippen MR) is 43.0 cm³/mol. The molecule has 0 saturated carbocycles. The van der Waals surface area contributed by atoms with Crippen molar-refractivity contribution in [1.82, 2.24) is 9.55 Å². The summed E-state index contributed by atoms with van der Waals surface area (Å²) in [6.45, 7) is 2.53. The molecule has 11 heavy (non-hydrogen) atoms. The van der Waals surface area contributed by atoms with Crippen LogP contribution in [0.2, 0.25) is 0 Å². The van der Waals surface area contributed by atoms with Gasteiger partial charge in [0.2, 0.25) is 0 Å². The smallest absolute Gasteiger partial charge is 0.179 e. The van der Waals surface area contributed by atoms with Gasteiger partial charge in [0.1, 0.15) is 5.69 Å². The first-order valence-electron chi connectivity index (χ1n) is 3.48. The van der Waals surface area contributed by atoms with Crippen molar-refractivity contribution in [3.63, 3.8) is 0 Å². The average molecular weight is 168 g/mol. The number of carbonyl (C=O) groups is 1. The summed E-state index contributed by atoms with van der Waals surface area (Å²) >= 11 is 1.71. The average Bonchev–Trinajstić information content (AvgIpc) is 2.40. The number of carbonyl (C=O) groups excluding carboxylic acids is 1. The molecule has 0 amide bonds. The molecule has 0 N–H and O–H groups in total. The number of imidazole rings is 1. The summed E-state index contributed by atoms with van der Waals surface area (Å²) in [6.07, 6.45) is 1.83. The monoisotopic (exact) mass is 168 g/mol. The van der Waals surface area contributed by atoms with Crippen molar-refractivity contribution in [2.75, 3.05) is 5.75 Å². The van der Waals surface area contributed by atoms with Crippen LogP contribution in [0.15, 0.2) is 11.4 Å². The summed E-state index contributed by atoms with van der Waals surface area (Å²) in [6, 6.07) is 0. The number of aromatic nitrogens is 2. The first kappa shape index (κ1) is 6.91. The third kappa shape index (κ3) is 1.07. The maximum Gasteiger partial charge on any atom is 0.179 e. The molecule has 3 nitrogen and oxygen atoms in total. The van der Waals surface area contributed by atoms with Crippen LogP contribution in [0.5, 0.6) is 0 Å². The van der Waals surface area contributed by atoms with Crippen LogP contribution in [0, 0.1) is 0 Å². The van der Waals surface area contributed by atoms with Gasteiger partial charge in [0.05, 0.1) is 0 Å². The number of rotatable bonds is 1. The fraction of sp³-hybridized carbons (Fsp3) is 0.429. The second-order valence-electron chi connectivity index (χ2n) is 2.51. The Morgan fingerprint density at radius 1 is 1.82 bits per heavy atom. The van der Waals surface area contributed by atoms with Gasteiger partial charge in [0, 0.05) is 25.4 Å². The standard InChI is InChI=1S/C7H8N2OS/c1-5(10)6-4-9-2-3-11-7(9)8-6/h4H,2-3H2,1H3. The molecule has 0 bridgehead atoms. The highest BCUT2D eigenvalue weighted by Gasteiger charge is 2.15. The van der Waals surface area contributed by atoms with E-state index in [0.717, 1.165) is 17.5 Å². The molecule has 2 rings (SSSR count). The van der Waals surface area contributed by atoms with Crippen LogP contribution in [0.3, 0.4) is 0 Å². The molecule has 4 heteroatoms. The van der Waals surface area contributed by atoms with Crippen molar-refractivity contribution in [1.29, 1.82) is 0 Å². The van der Waals surface area contributed by atoms with Crippen LogP contribution in [0.4, 0.5) is 0 Å². The van der Waals surface area contributed by atoms with Crippen molar-refractivity contribution in [3.8, 4) is 0 Å². The number of hydrogen-bond donors (Lipinski definition) is 0. The normalized spacial score (nSPS) is 15.0. The summed E-state index contributed by atoms with van der Waals surface area (Å²) in [4.78, 5) is 15.0. The van der Waals surface area contributed by atoms with Crippen LogP contribution in [0.1, 0.15) is 17.4 Å². The van der Waals surface area contributed by atoms with E-state index in [0.29, 0.717) is 5.69 Å². The minimum absolute atomic E-state index is 0.0486. The largest absolute Gasteiger partial charge is 0.324 e. The number of hydrogen-bond acceptors (Lipinski definition) is 3. The lowest BCUT2D eigenvalue weighted by atomic mass is 10.3. The topological polar surface area (TPSA) is 34.9 Å². The Balaban J connectivity index is 2.42. The summed E-state index contributed by atoms with van der Waals surface area (Å²) < 4.78 is 2.03. The number of nitrogens with zero attached hydrogens (tertiary/aromatic N) is 2. The summed E-state index contributed by atoms with van der Waals surface area (Å²) in [5.41, 5.74) is 0.590. The Kier molecular flexibility index (Phi) is 1.49. The summed E-state index contributed by atoms with van der Waals surface area (Å²) in [5, 5.41) is 0.982. The van der Waals surface area contributed by atoms with Gasteiger partial charge in [-0.2, -0.15) is 0 Å². The van der Waals surface area contributed by atoms with Crippen molar-refractivity contribution in [2.24, 2.45) is 0 Å². The van der Waals surface area contributed by atoms with Crippen molar-refractivity contribution in [2.45, 2.75) is 18.6 Å². The van der Waals surface area contributed by atoms with Crippen LogP contribution < -0.4 is 0 Å². The molecule has 2 heterocycles. The number of thioether (sulfide) groups is 1. The Hall–Kier alpha value is -0.770. The van der Waals surface area contributed by atoms with Crippen LogP contribution in [-0.4, -0.2) is 21.1 Å². The molecule has 0 unspecified atom stereocenters. The maximum atomic E-state index is 10.9. The van der Waals surface area contributed by atoms with E-state index < -0.39 is 0 Å². The molecule has 1 aliphatic rings. The van der Waals surface area contributed by atoms with Gasteiger partial charge in [-0.25, -0.2) is 4.98 Å². The molecule has 58 valence electrons. The van der Waals surface area contributed by atoms with Gasteiger partial charge < -0.3 is 4.57 Å². The summed E-state index contributed by atoms with van der Waals surface area (Å²) in [7, 11) is 0. The molecular weight excluding hydrogens is 160 g/mol. The molecule has 0 spiro atoms. The van der Waals surface area contributed by atoms with E-state index >= 15 is 0 Å². The molecule has 0 aromatic carbocycles. The van der Waals surface area contributed by atoms with Crippen LogP contribution >= 0.6 is 11.8 Å². The third-order valence-electron chi connectivity index (χ3n) is 1.66. The van der Waals surface area contributed by atoms with Gasteiger partial charge in [-0.3, -0.25) is 4.79 Å². The SMILES string of the molecule is CC(=O)c1cn2c(n1)SCC2. The minimum atomic E-state index is 0.0486. The van der Waals surface area contributed by atoms with Gasteiger partial charge in [-0.1, -0.05) is 11.8 Å². The third-order valence-corrected chi connectivity index (χ3v) is 2.63. The van der Waals surface area contributed by atoms with E-state index in [-0.39, 0.29) is 5.78 Å². The van der Waals surface area contributed by atoms with E-state index in [1.54, 1.807) is 18.7 Å². The highest BCUT2D eigenvalue weighted by Crippen LogP contribution is 2.24. The number of ketones is 1. The lowest BCUT2D eigenvalue weighted by Gasteiger charge is -1.87. The predicted octanol–water partition coefficient (Wildman–Crippen LogP) is 1.19. The lowest BCUT2D eigenvalue weighted by Crippen LogP contribution is -1.93. The highest BCUT2D eigenvalue weighted by atomic mass is 32.2. The Bertz CT molecular complexity index is 284. The second kappa shape index (κ2) is 2.37. The van der Waals surface area contributed by atoms with Crippen molar-refractivity contribution < 1.29 is 4.79 Å². The Labute approximate surface area is 68.8 Å². The van der Waals surface area contributed by atoms with Crippen molar-refractivity contribution >= 4 is 17.5 Å². The van der Waals surface area contributed by atoms with Crippen LogP contribution in [0.25, 0.3) is 0 Å². The number of Topliss-reactive ketones (excluding diaryl/α,β-unsaturated/α-hetero) is 1. The second-order valence-corrected chi connectivity index (χ2v) is 3.57. The zero-order valence-corrected chi connectivity index (χ0v) is 7.02. The zero-order valence-electron chi connectivity index (χ0n) is 6.20. The molecule has 0 atom stereocenters. The van der Waals surface area contributed by atoms with Gasteiger partial charge >= 0.3 is 0 Å². The lowest BCUT2D eigenvalue weighted by molar-refractivity contribution is 0.101. The zero-order chi connectivity index (χ0) is 7.84. The molecule has 0 radical (unpaired) electrons. The molecular formula is C7H8N2OS. The van der Waals surface area contributed by atoms with Gasteiger partial charge in [0.15, 0.2) is 10.9 Å². The highest BCUT2D eigenvalue weighted by molar-refractivity contribution is 7.99. The van der Waals surface area contributed by atoms with E-state index in [4.69, 9.17) is 0 Å². The van der Waals surface area contributed by atoms with E-state index in [1.165, 1.54) is 0 Å².